The third kappa shape index (κ3) is 24.1. The summed E-state index contributed by atoms with van der Waals surface area (Å²) in [6, 6.07) is -0.647. The second-order valence-electron chi connectivity index (χ2n) is 9.79. The Morgan fingerprint density at radius 1 is 0.639 bits per heavy atom. The molecule has 0 aromatic heterocycles. The fraction of sp³-hybridized carbons (Fsp3) is 0.719. The van der Waals surface area contributed by atoms with Gasteiger partial charge in [-0.2, -0.15) is 0 Å². The van der Waals surface area contributed by atoms with E-state index >= 15 is 0 Å². The van der Waals surface area contributed by atoms with E-state index in [2.05, 4.69) is 55.6 Å². The topological polar surface area (TPSA) is 69.6 Å². The number of aliphatic hydroxyl groups is 2. The Morgan fingerprint density at radius 3 is 1.67 bits per heavy atom. The molecule has 0 heterocycles. The molecule has 36 heavy (non-hydrogen) atoms. The highest BCUT2D eigenvalue weighted by Gasteiger charge is 2.17. The molecule has 0 aliphatic carbocycles. The van der Waals surface area contributed by atoms with Crippen LogP contribution in [0.2, 0.25) is 0 Å². The SMILES string of the molecule is CCCC/C=C\CCCCCCC(=O)NC(CO)C(O)/C=C/CC/C=C/CC/C=C/CCCCCC. The number of nitrogens with one attached hydrogen (secondary N) is 1. The molecule has 208 valence electrons. The summed E-state index contributed by atoms with van der Waals surface area (Å²) in [5.74, 6) is -0.0982. The Bertz CT molecular complexity index is 594. The Labute approximate surface area is 223 Å². The molecule has 2 unspecified atom stereocenters. The molecule has 0 aromatic rings. The van der Waals surface area contributed by atoms with Gasteiger partial charge in [0.15, 0.2) is 0 Å². The first kappa shape index (κ1) is 34.4. The molecule has 0 spiro atoms. The van der Waals surface area contributed by atoms with Gasteiger partial charge in [0.05, 0.1) is 18.8 Å². The van der Waals surface area contributed by atoms with E-state index < -0.39 is 12.1 Å². The summed E-state index contributed by atoms with van der Waals surface area (Å²) in [6.45, 7) is 4.18. The minimum Gasteiger partial charge on any atom is -0.394 e. The molecule has 3 N–H and O–H groups in total. The summed E-state index contributed by atoms with van der Waals surface area (Å²) in [7, 11) is 0. The molecule has 2 atom stereocenters. The number of carbonyl (C=O) groups excluding carboxylic acids is 1. The Morgan fingerprint density at radius 2 is 1.11 bits per heavy atom. The summed E-state index contributed by atoms with van der Waals surface area (Å²) in [4.78, 5) is 12.2. The zero-order valence-electron chi connectivity index (χ0n) is 23.5. The smallest absolute Gasteiger partial charge is 0.220 e. The maximum atomic E-state index is 12.2. The normalized spacial score (nSPS) is 14.0. The lowest BCUT2D eigenvalue weighted by Gasteiger charge is -2.19. The van der Waals surface area contributed by atoms with Crippen molar-refractivity contribution in [3.05, 3.63) is 48.6 Å². The molecule has 0 rings (SSSR count). The Balaban J connectivity index is 3.83. The Kier molecular flexibility index (Phi) is 26.6. The van der Waals surface area contributed by atoms with Crippen LogP contribution >= 0.6 is 0 Å². The van der Waals surface area contributed by atoms with Gasteiger partial charge >= 0.3 is 0 Å². The number of allylic oxidation sites excluding steroid dienone is 7. The first-order valence-electron chi connectivity index (χ1n) is 14.9. The second kappa shape index (κ2) is 27.9. The van der Waals surface area contributed by atoms with Crippen LogP contribution in [0.15, 0.2) is 48.6 Å². The van der Waals surface area contributed by atoms with Gasteiger partial charge in [-0.1, -0.05) is 107 Å². The highest BCUT2D eigenvalue weighted by molar-refractivity contribution is 5.76. The largest absolute Gasteiger partial charge is 0.394 e. The minimum absolute atomic E-state index is 0.0982. The summed E-state index contributed by atoms with van der Waals surface area (Å²) >= 11 is 0. The van der Waals surface area contributed by atoms with Crippen LogP contribution < -0.4 is 5.32 Å². The van der Waals surface area contributed by atoms with Crippen LogP contribution in [-0.2, 0) is 4.79 Å². The molecular weight excluding hydrogens is 446 g/mol. The first-order chi connectivity index (χ1) is 17.7. The zero-order valence-corrected chi connectivity index (χ0v) is 23.5. The van der Waals surface area contributed by atoms with Gasteiger partial charge in [-0.15, -0.1) is 0 Å². The average Bonchev–Trinajstić information content (AvgIpc) is 2.88. The fourth-order valence-corrected chi connectivity index (χ4v) is 3.89. The van der Waals surface area contributed by atoms with Gasteiger partial charge in [-0.05, 0) is 64.2 Å². The molecular formula is C32H57NO3. The van der Waals surface area contributed by atoms with E-state index in [1.807, 2.05) is 6.08 Å². The Hall–Kier alpha value is -1.65. The molecule has 0 aliphatic rings. The van der Waals surface area contributed by atoms with Crippen molar-refractivity contribution in [1.29, 1.82) is 0 Å². The van der Waals surface area contributed by atoms with Crippen molar-refractivity contribution >= 4 is 5.91 Å². The number of amides is 1. The third-order valence-electron chi connectivity index (χ3n) is 6.26. The molecule has 1 amide bonds. The summed E-state index contributed by atoms with van der Waals surface area (Å²) < 4.78 is 0. The molecule has 0 aromatic carbocycles. The first-order valence-corrected chi connectivity index (χ1v) is 14.9. The lowest BCUT2D eigenvalue weighted by atomic mass is 10.1. The molecule has 4 heteroatoms. The van der Waals surface area contributed by atoms with Crippen LogP contribution in [-0.4, -0.2) is 34.9 Å². The van der Waals surface area contributed by atoms with Gasteiger partial charge in [-0.3, -0.25) is 4.79 Å². The van der Waals surface area contributed by atoms with Crippen molar-refractivity contribution in [3.63, 3.8) is 0 Å². The van der Waals surface area contributed by atoms with Crippen molar-refractivity contribution in [3.8, 4) is 0 Å². The number of unbranched alkanes of at least 4 members (excludes halogenated alkanes) is 12. The minimum atomic E-state index is -0.870. The van der Waals surface area contributed by atoms with Crippen LogP contribution in [0.1, 0.15) is 129 Å². The quantitative estimate of drug-likeness (QED) is 0.0870. The lowest BCUT2D eigenvalue weighted by molar-refractivity contribution is -0.123. The number of hydrogen-bond donors (Lipinski definition) is 3. The highest BCUT2D eigenvalue weighted by atomic mass is 16.3. The number of carbonyl (C=O) groups is 1. The van der Waals surface area contributed by atoms with Gasteiger partial charge in [-0.25, -0.2) is 0 Å². The second-order valence-corrected chi connectivity index (χ2v) is 9.79. The molecule has 4 nitrogen and oxygen atoms in total. The van der Waals surface area contributed by atoms with E-state index in [4.69, 9.17) is 0 Å². The molecule has 0 radical (unpaired) electrons. The van der Waals surface area contributed by atoms with Crippen molar-refractivity contribution in [2.75, 3.05) is 6.61 Å². The van der Waals surface area contributed by atoms with E-state index in [0.29, 0.717) is 6.42 Å². The van der Waals surface area contributed by atoms with Gasteiger partial charge in [0.2, 0.25) is 5.91 Å². The standard InChI is InChI=1S/C32H57NO3/c1-3-5-7-9-11-13-15-16-17-18-19-21-23-25-27-31(35)30(29-34)33-32(36)28-26-24-22-20-14-12-10-8-6-4-2/h10,12-13,15,18-19,25,27,30-31,34-35H,3-9,11,14,16-17,20-24,26,28-29H2,1-2H3,(H,33,36)/b12-10-,15-13+,19-18+,27-25+. The molecule has 0 fully saturated rings. The van der Waals surface area contributed by atoms with Crippen molar-refractivity contribution in [2.45, 2.75) is 142 Å². The maximum Gasteiger partial charge on any atom is 0.220 e. The van der Waals surface area contributed by atoms with Crippen LogP contribution in [0, 0.1) is 0 Å². The van der Waals surface area contributed by atoms with Gasteiger partial charge < -0.3 is 15.5 Å². The summed E-state index contributed by atoms with van der Waals surface area (Å²) in [5.41, 5.74) is 0. The van der Waals surface area contributed by atoms with Gasteiger partial charge in [0, 0.05) is 6.42 Å². The van der Waals surface area contributed by atoms with Crippen molar-refractivity contribution < 1.29 is 15.0 Å². The lowest BCUT2D eigenvalue weighted by Crippen LogP contribution is -2.45. The maximum absolute atomic E-state index is 12.2. The van der Waals surface area contributed by atoms with Gasteiger partial charge in [0.1, 0.15) is 0 Å². The number of hydrogen-bond acceptors (Lipinski definition) is 3. The van der Waals surface area contributed by atoms with E-state index in [1.165, 1.54) is 57.8 Å². The van der Waals surface area contributed by atoms with Gasteiger partial charge in [0.25, 0.3) is 0 Å². The average molecular weight is 504 g/mol. The van der Waals surface area contributed by atoms with Crippen LogP contribution in [0.4, 0.5) is 0 Å². The van der Waals surface area contributed by atoms with E-state index in [-0.39, 0.29) is 12.5 Å². The van der Waals surface area contributed by atoms with Crippen LogP contribution in [0.5, 0.6) is 0 Å². The third-order valence-corrected chi connectivity index (χ3v) is 6.26. The molecule has 0 bridgehead atoms. The summed E-state index contributed by atoms with van der Waals surface area (Å²) in [5, 5.41) is 22.7. The van der Waals surface area contributed by atoms with E-state index in [1.54, 1.807) is 6.08 Å². The molecule has 0 saturated heterocycles. The summed E-state index contributed by atoms with van der Waals surface area (Å²) in [6.07, 6.45) is 36.1. The predicted octanol–water partition coefficient (Wildman–Crippen LogP) is 8.11. The van der Waals surface area contributed by atoms with Crippen LogP contribution in [0.3, 0.4) is 0 Å². The predicted molar refractivity (Wildman–Crippen MR) is 156 cm³/mol. The van der Waals surface area contributed by atoms with E-state index in [9.17, 15) is 15.0 Å². The zero-order chi connectivity index (χ0) is 26.5. The fourth-order valence-electron chi connectivity index (χ4n) is 3.89. The van der Waals surface area contributed by atoms with Crippen LogP contribution in [0.25, 0.3) is 0 Å². The highest BCUT2D eigenvalue weighted by Crippen LogP contribution is 2.08. The number of aliphatic hydroxyl groups excluding tert-OH is 2. The van der Waals surface area contributed by atoms with Crippen molar-refractivity contribution in [1.82, 2.24) is 5.32 Å². The molecule has 0 saturated carbocycles. The monoisotopic (exact) mass is 503 g/mol. The molecule has 0 aliphatic heterocycles. The van der Waals surface area contributed by atoms with Crippen molar-refractivity contribution in [2.24, 2.45) is 0 Å². The van der Waals surface area contributed by atoms with E-state index in [0.717, 1.165) is 51.4 Å². The number of rotatable bonds is 25.